The molecule has 0 amide bonds. The van der Waals surface area contributed by atoms with Gasteiger partial charge >= 0.3 is 0 Å². The van der Waals surface area contributed by atoms with Crippen molar-refractivity contribution in [3.8, 4) is 0 Å². The van der Waals surface area contributed by atoms with Gasteiger partial charge in [-0.1, -0.05) is 6.92 Å². The smallest absolute Gasteiger partial charge is 0.103 e. The topological polar surface area (TPSA) is 33.1 Å². The molecule has 0 aromatic carbocycles. The number of hydrogen-bond acceptors (Lipinski definition) is 4. The molecule has 0 aliphatic carbocycles. The molecule has 0 radical (unpaired) electrons. The molecule has 1 N–H and O–H groups in total. The third-order valence-corrected chi connectivity index (χ3v) is 4.40. The van der Waals surface area contributed by atoms with Crippen LogP contribution in [0.1, 0.15) is 37.1 Å². The monoisotopic (exact) mass is 231 g/mol. The van der Waals surface area contributed by atoms with E-state index in [2.05, 4.69) is 11.9 Å². The van der Waals surface area contributed by atoms with Crippen LogP contribution in [0, 0.1) is 0 Å². The van der Waals surface area contributed by atoms with Crippen molar-refractivity contribution in [2.75, 3.05) is 5.75 Å². The Morgan fingerprint density at radius 2 is 2.29 bits per heavy atom. The summed E-state index contributed by atoms with van der Waals surface area (Å²) in [5.41, 5.74) is -0.745. The summed E-state index contributed by atoms with van der Waals surface area (Å²) in [6.07, 6.45) is 2.99. The molecule has 0 fully saturated rings. The minimum Gasteiger partial charge on any atom is -0.385 e. The van der Waals surface area contributed by atoms with Crippen LogP contribution in [-0.2, 0) is 11.4 Å². The molecule has 0 aliphatic rings. The van der Waals surface area contributed by atoms with Crippen molar-refractivity contribution in [3.63, 3.8) is 0 Å². The fraction of sp³-hybridized carbons (Fsp3) is 0.700. The van der Waals surface area contributed by atoms with Gasteiger partial charge in [0.05, 0.1) is 10.5 Å². The van der Waals surface area contributed by atoms with E-state index in [9.17, 15) is 5.11 Å². The number of thiazole rings is 1. The van der Waals surface area contributed by atoms with Gasteiger partial charge in [-0.05, 0) is 26.0 Å². The minimum absolute atomic E-state index is 0.745. The summed E-state index contributed by atoms with van der Waals surface area (Å²) < 4.78 is 0. The van der Waals surface area contributed by atoms with Crippen molar-refractivity contribution in [1.29, 1.82) is 0 Å². The molecular formula is C10H17NOS2. The van der Waals surface area contributed by atoms with Crippen LogP contribution in [0.25, 0.3) is 0 Å². The molecule has 0 saturated heterocycles. The molecule has 1 aromatic rings. The van der Waals surface area contributed by atoms with E-state index in [0.29, 0.717) is 0 Å². The molecule has 4 heteroatoms. The summed E-state index contributed by atoms with van der Waals surface area (Å²) in [5.74, 6) is 2.14. The zero-order chi connectivity index (χ0) is 10.6. The second-order valence-corrected chi connectivity index (χ2v) is 5.95. The highest BCUT2D eigenvalue weighted by atomic mass is 32.2. The molecule has 0 atom stereocenters. The minimum atomic E-state index is -0.745. The van der Waals surface area contributed by atoms with Gasteiger partial charge in [-0.3, -0.25) is 0 Å². The normalized spacial score (nSPS) is 12.0. The highest BCUT2D eigenvalue weighted by Crippen LogP contribution is 2.27. The first kappa shape index (κ1) is 12.0. The average Bonchev–Trinajstić information content (AvgIpc) is 2.52. The first-order valence-corrected chi connectivity index (χ1v) is 6.76. The Labute approximate surface area is 93.8 Å². The molecule has 14 heavy (non-hydrogen) atoms. The lowest BCUT2D eigenvalue weighted by Gasteiger charge is -2.13. The molecular weight excluding hydrogens is 214 g/mol. The van der Waals surface area contributed by atoms with Crippen LogP contribution in [0.15, 0.2) is 6.20 Å². The van der Waals surface area contributed by atoms with Crippen LogP contribution in [0.2, 0.25) is 0 Å². The zero-order valence-electron chi connectivity index (χ0n) is 8.91. The van der Waals surface area contributed by atoms with Gasteiger partial charge in [-0.2, -0.15) is 11.8 Å². The van der Waals surface area contributed by atoms with E-state index < -0.39 is 5.60 Å². The van der Waals surface area contributed by atoms with E-state index in [1.54, 1.807) is 31.4 Å². The number of rotatable bonds is 5. The van der Waals surface area contributed by atoms with E-state index in [-0.39, 0.29) is 0 Å². The summed E-state index contributed by atoms with van der Waals surface area (Å²) in [6.45, 7) is 5.77. The molecule has 1 heterocycles. The Hall–Kier alpha value is -0.0600. The maximum atomic E-state index is 9.74. The van der Waals surface area contributed by atoms with E-state index in [1.807, 2.05) is 11.8 Å². The van der Waals surface area contributed by atoms with Gasteiger partial charge in [0.25, 0.3) is 0 Å². The highest BCUT2D eigenvalue weighted by molar-refractivity contribution is 7.98. The number of nitrogens with zero attached hydrogens (tertiary/aromatic N) is 1. The van der Waals surface area contributed by atoms with E-state index in [4.69, 9.17) is 0 Å². The molecule has 0 spiro atoms. The van der Waals surface area contributed by atoms with Crippen LogP contribution in [0.4, 0.5) is 0 Å². The predicted octanol–water partition coefficient (Wildman–Crippen LogP) is 3.01. The van der Waals surface area contributed by atoms with Gasteiger partial charge in [-0.25, -0.2) is 4.98 Å². The summed E-state index contributed by atoms with van der Waals surface area (Å²) in [4.78, 5) is 5.24. The standard InChI is InChI=1S/C10H17NOS2/c1-4-5-13-7-9-11-6-8(14-9)10(2,3)12/h6,12H,4-5,7H2,1-3H3. The second kappa shape index (κ2) is 5.14. The third kappa shape index (κ3) is 3.59. The quantitative estimate of drug-likeness (QED) is 0.791. The number of aliphatic hydroxyl groups is 1. The van der Waals surface area contributed by atoms with Crippen LogP contribution < -0.4 is 0 Å². The van der Waals surface area contributed by atoms with Crippen molar-refractivity contribution >= 4 is 23.1 Å². The van der Waals surface area contributed by atoms with Gasteiger partial charge in [-0.15, -0.1) is 11.3 Å². The summed E-state index contributed by atoms with van der Waals surface area (Å²) in [6, 6.07) is 0. The largest absolute Gasteiger partial charge is 0.385 e. The summed E-state index contributed by atoms with van der Waals surface area (Å²) in [5, 5.41) is 10.8. The molecule has 0 aliphatic heterocycles. The Morgan fingerprint density at radius 3 is 2.79 bits per heavy atom. The number of thioether (sulfide) groups is 1. The first-order chi connectivity index (χ1) is 6.54. The molecule has 0 saturated carbocycles. The van der Waals surface area contributed by atoms with Gasteiger partial charge in [0, 0.05) is 11.9 Å². The Kier molecular flexibility index (Phi) is 4.41. The maximum absolute atomic E-state index is 9.74. The summed E-state index contributed by atoms with van der Waals surface area (Å²) in [7, 11) is 0. The first-order valence-electron chi connectivity index (χ1n) is 4.79. The van der Waals surface area contributed by atoms with E-state index >= 15 is 0 Å². The van der Waals surface area contributed by atoms with Gasteiger partial charge < -0.3 is 5.11 Å². The highest BCUT2D eigenvalue weighted by Gasteiger charge is 2.18. The fourth-order valence-corrected chi connectivity index (χ4v) is 2.85. The number of aromatic nitrogens is 1. The van der Waals surface area contributed by atoms with E-state index in [1.165, 1.54) is 12.2 Å². The van der Waals surface area contributed by atoms with Crippen LogP contribution in [0.3, 0.4) is 0 Å². The van der Waals surface area contributed by atoms with Crippen molar-refractivity contribution in [3.05, 3.63) is 16.1 Å². The molecule has 0 unspecified atom stereocenters. The van der Waals surface area contributed by atoms with Crippen LogP contribution >= 0.6 is 23.1 Å². The third-order valence-electron chi connectivity index (χ3n) is 1.73. The molecule has 1 rings (SSSR count). The zero-order valence-corrected chi connectivity index (χ0v) is 10.5. The molecule has 0 bridgehead atoms. The fourth-order valence-electron chi connectivity index (χ4n) is 0.964. The second-order valence-electron chi connectivity index (χ2n) is 3.73. The average molecular weight is 231 g/mol. The lowest BCUT2D eigenvalue weighted by molar-refractivity contribution is 0.0823. The predicted molar refractivity (Wildman–Crippen MR) is 63.8 cm³/mol. The molecule has 80 valence electrons. The van der Waals surface area contributed by atoms with Crippen molar-refractivity contribution < 1.29 is 5.11 Å². The van der Waals surface area contributed by atoms with Gasteiger partial charge in [0.15, 0.2) is 0 Å². The van der Waals surface area contributed by atoms with Crippen LogP contribution in [0.5, 0.6) is 0 Å². The Balaban J connectivity index is 2.51. The van der Waals surface area contributed by atoms with Crippen molar-refractivity contribution in [2.45, 2.75) is 38.5 Å². The maximum Gasteiger partial charge on any atom is 0.103 e. The number of hydrogen-bond donors (Lipinski definition) is 1. The Morgan fingerprint density at radius 1 is 1.57 bits per heavy atom. The lowest BCUT2D eigenvalue weighted by atomic mass is 10.1. The van der Waals surface area contributed by atoms with Crippen LogP contribution in [-0.4, -0.2) is 15.8 Å². The van der Waals surface area contributed by atoms with E-state index in [0.717, 1.165) is 15.6 Å². The molecule has 2 nitrogen and oxygen atoms in total. The van der Waals surface area contributed by atoms with Gasteiger partial charge in [0.2, 0.25) is 0 Å². The molecule has 1 aromatic heterocycles. The Bertz CT molecular complexity index is 278. The van der Waals surface area contributed by atoms with Gasteiger partial charge in [0.1, 0.15) is 5.01 Å². The lowest BCUT2D eigenvalue weighted by Crippen LogP contribution is -2.12. The van der Waals surface area contributed by atoms with Crippen molar-refractivity contribution in [2.24, 2.45) is 0 Å². The summed E-state index contributed by atoms with van der Waals surface area (Å²) >= 11 is 3.50. The van der Waals surface area contributed by atoms with Crippen molar-refractivity contribution in [1.82, 2.24) is 4.98 Å². The SMILES string of the molecule is CCCSCc1ncc(C(C)(C)O)s1.